The molecule has 1 saturated carbocycles. The van der Waals surface area contributed by atoms with E-state index >= 15 is 0 Å². The molecule has 0 radical (unpaired) electrons. The lowest BCUT2D eigenvalue weighted by molar-refractivity contribution is 0.401. The Hall–Kier alpha value is -2.64. The summed E-state index contributed by atoms with van der Waals surface area (Å²) < 4.78 is 2.01. The first-order valence-electron chi connectivity index (χ1n) is 11.7. The zero-order valence-electron chi connectivity index (χ0n) is 19.1. The van der Waals surface area contributed by atoms with Crippen LogP contribution in [0.3, 0.4) is 0 Å². The van der Waals surface area contributed by atoms with Crippen molar-refractivity contribution >= 4 is 11.8 Å². The minimum atomic E-state index is 0.415. The van der Waals surface area contributed by atoms with E-state index in [0.29, 0.717) is 18.6 Å². The first-order valence-corrected chi connectivity index (χ1v) is 11.7. The lowest BCUT2D eigenvalue weighted by Crippen LogP contribution is -2.51. The molecule has 8 heteroatoms. The van der Waals surface area contributed by atoms with Crippen LogP contribution in [0.5, 0.6) is 0 Å². The highest BCUT2D eigenvalue weighted by molar-refractivity contribution is 5.80. The number of anilines is 1. The van der Waals surface area contributed by atoms with Crippen molar-refractivity contribution in [3.63, 3.8) is 0 Å². The molecule has 0 bridgehead atoms. The summed E-state index contributed by atoms with van der Waals surface area (Å²) in [5.74, 6) is 3.80. The van der Waals surface area contributed by atoms with Crippen LogP contribution in [0.15, 0.2) is 23.3 Å². The first kappa shape index (κ1) is 21.6. The van der Waals surface area contributed by atoms with Gasteiger partial charge in [-0.25, -0.2) is 9.98 Å². The quantitative estimate of drug-likeness (QED) is 0.567. The molecule has 2 aromatic heterocycles. The molecule has 2 N–H and O–H groups in total. The van der Waals surface area contributed by atoms with Gasteiger partial charge in [0.1, 0.15) is 18.2 Å². The Balaban J connectivity index is 1.37. The lowest BCUT2D eigenvalue weighted by Gasteiger charge is -2.34. The summed E-state index contributed by atoms with van der Waals surface area (Å²) in [6, 6.07) is 5.19. The topological polar surface area (TPSA) is 83.3 Å². The molecule has 0 atom stereocenters. The SMILES string of the molecule is Cc1ccc(N2CCC(NC(=NCc3nnc(C)n3C)NC3CCCCC3)CC2)nc1. The van der Waals surface area contributed by atoms with E-state index < -0.39 is 0 Å². The van der Waals surface area contributed by atoms with Crippen molar-refractivity contribution in [1.82, 2.24) is 30.4 Å². The zero-order valence-corrected chi connectivity index (χ0v) is 19.1. The third kappa shape index (κ3) is 5.74. The van der Waals surface area contributed by atoms with Gasteiger partial charge in [0.25, 0.3) is 0 Å². The molecular weight excluding hydrogens is 388 g/mol. The van der Waals surface area contributed by atoms with Crippen molar-refractivity contribution in [3.8, 4) is 0 Å². The molecule has 1 aliphatic carbocycles. The first-order chi connectivity index (χ1) is 15.1. The lowest BCUT2D eigenvalue weighted by atomic mass is 9.95. The van der Waals surface area contributed by atoms with Crippen molar-refractivity contribution in [2.24, 2.45) is 12.0 Å². The van der Waals surface area contributed by atoms with Gasteiger partial charge in [-0.2, -0.15) is 0 Å². The molecule has 0 aromatic carbocycles. The van der Waals surface area contributed by atoms with Crippen molar-refractivity contribution in [2.45, 2.75) is 77.4 Å². The molecule has 168 valence electrons. The number of hydrogen-bond acceptors (Lipinski definition) is 5. The molecule has 0 spiro atoms. The van der Waals surface area contributed by atoms with Crippen molar-refractivity contribution in [1.29, 1.82) is 0 Å². The second-order valence-corrected chi connectivity index (χ2v) is 8.97. The van der Waals surface area contributed by atoms with Crippen LogP contribution in [-0.2, 0) is 13.6 Å². The van der Waals surface area contributed by atoms with Gasteiger partial charge < -0.3 is 20.1 Å². The number of piperidine rings is 1. The molecule has 3 heterocycles. The predicted octanol–water partition coefficient (Wildman–Crippen LogP) is 2.86. The smallest absolute Gasteiger partial charge is 0.192 e. The molecule has 0 amide bonds. The number of aromatic nitrogens is 4. The van der Waals surface area contributed by atoms with Gasteiger partial charge in [0.15, 0.2) is 11.8 Å². The minimum Gasteiger partial charge on any atom is -0.356 e. The van der Waals surface area contributed by atoms with Gasteiger partial charge in [-0.15, -0.1) is 10.2 Å². The number of rotatable bonds is 5. The fraction of sp³-hybridized carbons (Fsp3) is 0.652. The van der Waals surface area contributed by atoms with Crippen LogP contribution in [0.2, 0.25) is 0 Å². The van der Waals surface area contributed by atoms with Crippen LogP contribution >= 0.6 is 0 Å². The second kappa shape index (κ2) is 10.1. The second-order valence-electron chi connectivity index (χ2n) is 8.97. The molecule has 2 fully saturated rings. The fourth-order valence-electron chi connectivity index (χ4n) is 4.41. The van der Waals surface area contributed by atoms with Crippen LogP contribution in [0.25, 0.3) is 0 Å². The number of nitrogens with one attached hydrogen (secondary N) is 2. The van der Waals surface area contributed by atoms with Gasteiger partial charge in [-0.3, -0.25) is 0 Å². The number of hydrogen-bond donors (Lipinski definition) is 2. The molecule has 0 unspecified atom stereocenters. The van der Waals surface area contributed by atoms with Gasteiger partial charge in [0.05, 0.1) is 0 Å². The Morgan fingerprint density at radius 3 is 2.32 bits per heavy atom. The Kier molecular flexibility index (Phi) is 7.04. The highest BCUT2D eigenvalue weighted by atomic mass is 15.3. The van der Waals surface area contributed by atoms with Gasteiger partial charge >= 0.3 is 0 Å². The molecule has 31 heavy (non-hydrogen) atoms. The maximum absolute atomic E-state index is 4.89. The Morgan fingerprint density at radius 1 is 1.00 bits per heavy atom. The molecule has 2 aromatic rings. The standard InChI is InChI=1S/C23H36N8/c1-17-9-10-21(24-15-17)31-13-11-20(12-14-31)27-23(26-19-7-5-4-6-8-19)25-16-22-29-28-18(2)30(22)3/h9-10,15,19-20H,4-8,11-14,16H2,1-3H3,(H2,25,26,27). The van der Waals surface area contributed by atoms with Crippen LogP contribution in [-0.4, -0.2) is 50.9 Å². The normalized spacial score (nSPS) is 18.9. The molecule has 2 aliphatic rings. The maximum atomic E-state index is 4.89. The Morgan fingerprint density at radius 2 is 1.71 bits per heavy atom. The number of aliphatic imine (C=N–C) groups is 1. The van der Waals surface area contributed by atoms with E-state index in [1.54, 1.807) is 0 Å². The Labute approximate surface area is 185 Å². The molecule has 1 saturated heterocycles. The minimum absolute atomic E-state index is 0.415. The largest absolute Gasteiger partial charge is 0.356 e. The van der Waals surface area contributed by atoms with Gasteiger partial charge in [-0.05, 0) is 51.2 Å². The molecule has 8 nitrogen and oxygen atoms in total. The summed E-state index contributed by atoms with van der Waals surface area (Å²) in [5.41, 5.74) is 1.20. The number of pyridine rings is 1. The third-order valence-corrected chi connectivity index (χ3v) is 6.56. The fourth-order valence-corrected chi connectivity index (χ4v) is 4.41. The monoisotopic (exact) mass is 424 g/mol. The van der Waals surface area contributed by atoms with E-state index in [9.17, 15) is 0 Å². The van der Waals surface area contributed by atoms with E-state index in [0.717, 1.165) is 49.4 Å². The van der Waals surface area contributed by atoms with Crippen LogP contribution < -0.4 is 15.5 Å². The summed E-state index contributed by atoms with van der Waals surface area (Å²) in [5, 5.41) is 15.8. The highest BCUT2D eigenvalue weighted by Crippen LogP contribution is 2.19. The van der Waals surface area contributed by atoms with E-state index in [2.05, 4.69) is 49.8 Å². The number of nitrogens with zero attached hydrogens (tertiary/aromatic N) is 6. The number of aryl methyl sites for hydroxylation is 2. The molecule has 1 aliphatic heterocycles. The Bertz CT molecular complexity index is 858. The maximum Gasteiger partial charge on any atom is 0.192 e. The average Bonchev–Trinajstić information content (AvgIpc) is 3.11. The van der Waals surface area contributed by atoms with Gasteiger partial charge in [0.2, 0.25) is 0 Å². The van der Waals surface area contributed by atoms with Crippen LogP contribution in [0, 0.1) is 13.8 Å². The van der Waals surface area contributed by atoms with Gasteiger partial charge in [0, 0.05) is 38.4 Å². The number of guanidine groups is 1. The van der Waals surface area contributed by atoms with Crippen molar-refractivity contribution in [3.05, 3.63) is 35.5 Å². The summed E-state index contributed by atoms with van der Waals surface area (Å²) in [6.45, 7) is 6.59. The third-order valence-electron chi connectivity index (χ3n) is 6.56. The zero-order chi connectivity index (χ0) is 21.6. The van der Waals surface area contributed by atoms with Crippen LogP contribution in [0.4, 0.5) is 5.82 Å². The van der Waals surface area contributed by atoms with Gasteiger partial charge in [-0.1, -0.05) is 25.3 Å². The highest BCUT2D eigenvalue weighted by Gasteiger charge is 2.22. The van der Waals surface area contributed by atoms with E-state index in [4.69, 9.17) is 4.99 Å². The summed E-state index contributed by atoms with van der Waals surface area (Å²) >= 11 is 0. The van der Waals surface area contributed by atoms with Crippen molar-refractivity contribution in [2.75, 3.05) is 18.0 Å². The summed E-state index contributed by atoms with van der Waals surface area (Å²) in [7, 11) is 2.00. The van der Waals surface area contributed by atoms with Crippen molar-refractivity contribution < 1.29 is 0 Å². The van der Waals surface area contributed by atoms with E-state index in [1.165, 1.54) is 37.7 Å². The van der Waals surface area contributed by atoms with E-state index in [1.807, 2.05) is 24.7 Å². The average molecular weight is 425 g/mol. The molecular formula is C23H36N8. The van der Waals surface area contributed by atoms with E-state index in [-0.39, 0.29) is 0 Å². The summed E-state index contributed by atoms with van der Waals surface area (Å²) in [6.07, 6.45) is 10.5. The predicted molar refractivity (Wildman–Crippen MR) is 124 cm³/mol. The molecule has 4 rings (SSSR count). The van der Waals surface area contributed by atoms with Crippen LogP contribution in [0.1, 0.15) is 62.2 Å². The summed E-state index contributed by atoms with van der Waals surface area (Å²) in [4.78, 5) is 11.9.